The SMILES string of the molecule is CN(C)C(=O)CCC1CCCCCN1. The predicted molar refractivity (Wildman–Crippen MR) is 58.2 cm³/mol. The van der Waals surface area contributed by atoms with Crippen LogP contribution < -0.4 is 5.32 Å². The van der Waals surface area contributed by atoms with Crippen LogP contribution in [0.25, 0.3) is 0 Å². The second kappa shape index (κ2) is 6.02. The number of hydrogen-bond acceptors (Lipinski definition) is 2. The van der Waals surface area contributed by atoms with E-state index in [4.69, 9.17) is 0 Å². The van der Waals surface area contributed by atoms with Crippen LogP contribution in [0.4, 0.5) is 0 Å². The van der Waals surface area contributed by atoms with Crippen molar-refractivity contribution in [3.8, 4) is 0 Å². The van der Waals surface area contributed by atoms with Gasteiger partial charge in [0, 0.05) is 26.6 Å². The molecule has 0 spiro atoms. The lowest BCUT2D eigenvalue weighted by atomic mass is 10.1. The van der Waals surface area contributed by atoms with Crippen molar-refractivity contribution in [1.82, 2.24) is 10.2 Å². The molecule has 1 fully saturated rings. The Morgan fingerprint density at radius 2 is 2.14 bits per heavy atom. The van der Waals surface area contributed by atoms with Gasteiger partial charge in [-0.1, -0.05) is 12.8 Å². The van der Waals surface area contributed by atoms with E-state index in [1.54, 1.807) is 4.90 Å². The molecule has 0 aromatic rings. The summed E-state index contributed by atoms with van der Waals surface area (Å²) in [7, 11) is 3.64. The summed E-state index contributed by atoms with van der Waals surface area (Å²) >= 11 is 0. The summed E-state index contributed by atoms with van der Waals surface area (Å²) in [6.07, 6.45) is 6.86. The van der Waals surface area contributed by atoms with E-state index in [0.29, 0.717) is 12.5 Å². The third-order valence-corrected chi connectivity index (χ3v) is 2.87. The third kappa shape index (κ3) is 4.09. The Hall–Kier alpha value is -0.570. The van der Waals surface area contributed by atoms with Gasteiger partial charge in [0.05, 0.1) is 0 Å². The highest BCUT2D eigenvalue weighted by Crippen LogP contribution is 2.12. The van der Waals surface area contributed by atoms with E-state index in [0.717, 1.165) is 13.0 Å². The van der Waals surface area contributed by atoms with Crippen molar-refractivity contribution in [2.45, 2.75) is 44.6 Å². The number of rotatable bonds is 3. The second-order valence-electron chi connectivity index (χ2n) is 4.33. The molecule has 0 saturated carbocycles. The molecule has 1 aliphatic rings. The summed E-state index contributed by atoms with van der Waals surface area (Å²) < 4.78 is 0. The Balaban J connectivity index is 2.19. The summed E-state index contributed by atoms with van der Waals surface area (Å²) in [5.74, 6) is 0.246. The highest BCUT2D eigenvalue weighted by Gasteiger charge is 2.13. The molecule has 3 heteroatoms. The lowest BCUT2D eigenvalue weighted by Gasteiger charge is -2.16. The molecule has 1 aliphatic heterocycles. The number of carbonyl (C=O) groups excluding carboxylic acids is 1. The van der Waals surface area contributed by atoms with Crippen molar-refractivity contribution in [3.63, 3.8) is 0 Å². The maximum Gasteiger partial charge on any atom is 0.222 e. The highest BCUT2D eigenvalue weighted by atomic mass is 16.2. The van der Waals surface area contributed by atoms with Gasteiger partial charge >= 0.3 is 0 Å². The van der Waals surface area contributed by atoms with E-state index in [1.807, 2.05) is 14.1 Å². The smallest absolute Gasteiger partial charge is 0.222 e. The first-order valence-corrected chi connectivity index (χ1v) is 5.63. The molecule has 0 aliphatic carbocycles. The minimum Gasteiger partial charge on any atom is -0.349 e. The molecule has 0 bridgehead atoms. The molecule has 1 amide bonds. The molecular weight excluding hydrogens is 176 g/mol. The van der Waals surface area contributed by atoms with Crippen molar-refractivity contribution in [2.24, 2.45) is 0 Å². The Labute approximate surface area is 86.9 Å². The van der Waals surface area contributed by atoms with Gasteiger partial charge in [0.25, 0.3) is 0 Å². The highest BCUT2D eigenvalue weighted by molar-refractivity contribution is 5.75. The first-order valence-electron chi connectivity index (χ1n) is 5.63. The predicted octanol–water partition coefficient (Wildman–Crippen LogP) is 1.39. The molecule has 14 heavy (non-hydrogen) atoms. The molecule has 1 atom stereocenters. The van der Waals surface area contributed by atoms with Gasteiger partial charge in [0.2, 0.25) is 5.91 Å². The van der Waals surface area contributed by atoms with Crippen molar-refractivity contribution in [3.05, 3.63) is 0 Å². The van der Waals surface area contributed by atoms with Gasteiger partial charge in [0.15, 0.2) is 0 Å². The molecule has 82 valence electrons. The van der Waals surface area contributed by atoms with Crippen LogP contribution in [0.15, 0.2) is 0 Å². The Morgan fingerprint density at radius 3 is 2.86 bits per heavy atom. The van der Waals surface area contributed by atoms with Crippen LogP contribution in [0.1, 0.15) is 38.5 Å². The first kappa shape index (κ1) is 11.5. The van der Waals surface area contributed by atoms with Crippen LogP contribution in [0.2, 0.25) is 0 Å². The van der Waals surface area contributed by atoms with Gasteiger partial charge < -0.3 is 10.2 Å². The van der Waals surface area contributed by atoms with Crippen LogP contribution in [0, 0.1) is 0 Å². The molecule has 1 unspecified atom stereocenters. The first-order chi connectivity index (χ1) is 6.70. The zero-order valence-corrected chi connectivity index (χ0v) is 9.38. The van der Waals surface area contributed by atoms with Gasteiger partial charge in [0.1, 0.15) is 0 Å². The lowest BCUT2D eigenvalue weighted by molar-refractivity contribution is -0.128. The maximum absolute atomic E-state index is 11.4. The molecule has 1 heterocycles. The monoisotopic (exact) mass is 198 g/mol. The van der Waals surface area contributed by atoms with Crippen LogP contribution in [-0.4, -0.2) is 37.5 Å². The maximum atomic E-state index is 11.4. The van der Waals surface area contributed by atoms with E-state index in [1.165, 1.54) is 25.7 Å². The van der Waals surface area contributed by atoms with Crippen molar-refractivity contribution >= 4 is 5.91 Å². The Kier molecular flexibility index (Phi) is 4.94. The fourth-order valence-electron chi connectivity index (χ4n) is 1.87. The zero-order chi connectivity index (χ0) is 10.4. The van der Waals surface area contributed by atoms with Crippen LogP contribution in [-0.2, 0) is 4.79 Å². The molecule has 1 rings (SSSR count). The van der Waals surface area contributed by atoms with E-state index in [2.05, 4.69) is 5.32 Å². The molecule has 1 N–H and O–H groups in total. The normalized spacial score (nSPS) is 22.9. The number of carbonyl (C=O) groups is 1. The third-order valence-electron chi connectivity index (χ3n) is 2.87. The van der Waals surface area contributed by atoms with E-state index < -0.39 is 0 Å². The van der Waals surface area contributed by atoms with Crippen LogP contribution >= 0.6 is 0 Å². The fourth-order valence-corrected chi connectivity index (χ4v) is 1.87. The Bertz CT molecular complexity index is 172. The minimum atomic E-state index is 0.246. The minimum absolute atomic E-state index is 0.246. The van der Waals surface area contributed by atoms with Crippen molar-refractivity contribution in [2.75, 3.05) is 20.6 Å². The summed E-state index contributed by atoms with van der Waals surface area (Å²) in [5, 5.41) is 3.51. The zero-order valence-electron chi connectivity index (χ0n) is 9.38. The van der Waals surface area contributed by atoms with Crippen LogP contribution in [0.5, 0.6) is 0 Å². The summed E-state index contributed by atoms with van der Waals surface area (Å²) in [6.45, 7) is 1.13. The van der Waals surface area contributed by atoms with Crippen molar-refractivity contribution < 1.29 is 4.79 Å². The topological polar surface area (TPSA) is 32.3 Å². The average molecular weight is 198 g/mol. The van der Waals surface area contributed by atoms with E-state index in [9.17, 15) is 4.79 Å². The summed E-state index contributed by atoms with van der Waals surface area (Å²) in [4.78, 5) is 13.0. The standard InChI is InChI=1S/C11H22N2O/c1-13(2)11(14)8-7-10-6-4-3-5-9-12-10/h10,12H,3-9H2,1-2H3. The van der Waals surface area contributed by atoms with Gasteiger partial charge in [-0.25, -0.2) is 0 Å². The van der Waals surface area contributed by atoms with Gasteiger partial charge in [-0.2, -0.15) is 0 Å². The van der Waals surface area contributed by atoms with E-state index in [-0.39, 0.29) is 5.91 Å². The second-order valence-corrected chi connectivity index (χ2v) is 4.33. The molecule has 3 nitrogen and oxygen atoms in total. The molecule has 0 aromatic heterocycles. The van der Waals surface area contributed by atoms with E-state index >= 15 is 0 Å². The number of hydrogen-bond donors (Lipinski definition) is 1. The fraction of sp³-hybridized carbons (Fsp3) is 0.909. The molecule has 1 saturated heterocycles. The summed E-state index contributed by atoms with van der Waals surface area (Å²) in [5.41, 5.74) is 0. The van der Waals surface area contributed by atoms with Gasteiger partial charge in [-0.05, 0) is 25.8 Å². The lowest BCUT2D eigenvalue weighted by Crippen LogP contribution is -2.30. The van der Waals surface area contributed by atoms with Gasteiger partial charge in [-0.15, -0.1) is 0 Å². The largest absolute Gasteiger partial charge is 0.349 e. The quantitative estimate of drug-likeness (QED) is 0.743. The van der Waals surface area contributed by atoms with Crippen molar-refractivity contribution in [1.29, 1.82) is 0 Å². The average Bonchev–Trinajstić information content (AvgIpc) is 2.42. The number of nitrogens with zero attached hydrogens (tertiary/aromatic N) is 1. The molecule has 0 radical (unpaired) electrons. The number of amides is 1. The Morgan fingerprint density at radius 1 is 1.36 bits per heavy atom. The van der Waals surface area contributed by atoms with Gasteiger partial charge in [-0.3, -0.25) is 4.79 Å². The number of nitrogens with one attached hydrogen (secondary N) is 1. The molecular formula is C11H22N2O. The van der Waals surface area contributed by atoms with Crippen LogP contribution in [0.3, 0.4) is 0 Å². The molecule has 0 aromatic carbocycles. The summed E-state index contributed by atoms with van der Waals surface area (Å²) in [6, 6.07) is 0.571.